The lowest BCUT2D eigenvalue weighted by atomic mass is 10.2. The molecule has 0 radical (unpaired) electrons. The molecule has 0 saturated carbocycles. The summed E-state index contributed by atoms with van der Waals surface area (Å²) in [4.78, 5) is 2.49. The number of aromatic nitrogens is 1. The Morgan fingerprint density at radius 1 is 1.15 bits per heavy atom. The van der Waals surface area contributed by atoms with Crippen LogP contribution in [0.15, 0.2) is 18.2 Å². The van der Waals surface area contributed by atoms with Gasteiger partial charge in [-0.15, -0.1) is 0 Å². The monoisotopic (exact) mass is 369 g/mol. The number of ether oxygens (including phenoxy) is 2. The molecule has 0 fully saturated rings. The number of anilines is 1. The van der Waals surface area contributed by atoms with E-state index >= 15 is 0 Å². The number of rotatable bonds is 7. The zero-order valence-electron chi connectivity index (χ0n) is 13.9. The number of hydrogen-bond donors (Lipinski definition) is 1. The van der Waals surface area contributed by atoms with Gasteiger partial charge < -0.3 is 14.8 Å². The summed E-state index contributed by atoms with van der Waals surface area (Å²) >= 11 is 0. The van der Waals surface area contributed by atoms with Crippen molar-refractivity contribution in [1.82, 2.24) is 4.98 Å². The van der Waals surface area contributed by atoms with E-state index in [-0.39, 0.29) is 12.3 Å². The van der Waals surface area contributed by atoms with Crippen molar-refractivity contribution in [2.45, 2.75) is 26.0 Å². The molecule has 0 aliphatic heterocycles. The molecule has 0 spiro atoms. The largest absolute Gasteiger partial charge is 0.493 e. The van der Waals surface area contributed by atoms with E-state index < -0.39 is 35.3 Å². The van der Waals surface area contributed by atoms with Gasteiger partial charge in [-0.3, -0.25) is 0 Å². The van der Waals surface area contributed by atoms with E-state index in [2.05, 4.69) is 10.3 Å². The predicted molar refractivity (Wildman–Crippen MR) is 84.7 cm³/mol. The SMILES string of the molecule is CCC(C#N)Oc1cc(CNc2c(F)c(F)nc(F)c2F)ccc1OC. The molecule has 138 valence electrons. The standard InChI is InChI=1S/C17H15F4N3O2/c1-3-10(7-22)26-12-6-9(4-5-11(12)25-2)8-23-15-13(18)16(20)24-17(21)14(15)19/h4-6,10H,3,8H2,1-2H3,(H,23,24). The summed E-state index contributed by atoms with van der Waals surface area (Å²) in [5.41, 5.74) is -0.484. The third kappa shape index (κ3) is 4.14. The molecule has 26 heavy (non-hydrogen) atoms. The molecule has 1 atom stereocenters. The van der Waals surface area contributed by atoms with Gasteiger partial charge in [0.1, 0.15) is 11.8 Å². The van der Waals surface area contributed by atoms with Gasteiger partial charge in [0.25, 0.3) is 11.9 Å². The Bertz CT molecular complexity index is 813. The van der Waals surface area contributed by atoms with Gasteiger partial charge in [-0.25, -0.2) is 0 Å². The summed E-state index contributed by atoms with van der Waals surface area (Å²) in [5.74, 6) is -6.11. The third-order valence-electron chi connectivity index (χ3n) is 3.48. The fourth-order valence-corrected chi connectivity index (χ4v) is 2.11. The maximum Gasteiger partial charge on any atom is 0.253 e. The van der Waals surface area contributed by atoms with Crippen molar-refractivity contribution in [3.63, 3.8) is 0 Å². The van der Waals surface area contributed by atoms with Gasteiger partial charge in [0.2, 0.25) is 11.6 Å². The van der Waals surface area contributed by atoms with E-state index in [1.165, 1.54) is 19.2 Å². The predicted octanol–water partition coefficient (Wildman–Crippen LogP) is 3.94. The highest BCUT2D eigenvalue weighted by molar-refractivity contribution is 5.48. The first kappa shape index (κ1) is 19.3. The maximum atomic E-state index is 13.6. The second kappa shape index (κ2) is 8.38. The molecule has 2 rings (SSSR count). The number of nitriles is 1. The summed E-state index contributed by atoms with van der Waals surface area (Å²) in [6, 6.07) is 6.57. The minimum absolute atomic E-state index is 0.166. The zero-order valence-corrected chi connectivity index (χ0v) is 13.9. The Kier molecular flexibility index (Phi) is 6.22. The summed E-state index contributed by atoms with van der Waals surface area (Å²) in [6.45, 7) is 1.60. The zero-order chi connectivity index (χ0) is 19.3. The quantitative estimate of drug-likeness (QED) is 0.592. The van der Waals surface area contributed by atoms with Crippen molar-refractivity contribution >= 4 is 5.69 Å². The number of benzene rings is 1. The molecule has 0 saturated heterocycles. The van der Waals surface area contributed by atoms with Gasteiger partial charge in [-0.05, 0) is 24.1 Å². The molecule has 1 aromatic carbocycles. The van der Waals surface area contributed by atoms with Crippen molar-refractivity contribution in [2.75, 3.05) is 12.4 Å². The van der Waals surface area contributed by atoms with Crippen LogP contribution in [0.3, 0.4) is 0 Å². The van der Waals surface area contributed by atoms with E-state index in [1.807, 2.05) is 6.07 Å². The first-order valence-corrected chi connectivity index (χ1v) is 7.58. The number of pyridine rings is 1. The van der Waals surface area contributed by atoms with E-state index in [1.54, 1.807) is 13.0 Å². The van der Waals surface area contributed by atoms with E-state index in [4.69, 9.17) is 14.7 Å². The van der Waals surface area contributed by atoms with Crippen LogP contribution in [0.4, 0.5) is 23.2 Å². The van der Waals surface area contributed by atoms with Crippen LogP contribution in [-0.4, -0.2) is 18.2 Å². The molecule has 1 heterocycles. The lowest BCUT2D eigenvalue weighted by molar-refractivity contribution is 0.238. The number of hydrogen-bond acceptors (Lipinski definition) is 5. The molecule has 1 unspecified atom stereocenters. The average molecular weight is 369 g/mol. The molecule has 0 amide bonds. The van der Waals surface area contributed by atoms with E-state index in [0.29, 0.717) is 17.7 Å². The van der Waals surface area contributed by atoms with Crippen molar-refractivity contribution in [2.24, 2.45) is 0 Å². The Balaban J connectivity index is 2.25. The van der Waals surface area contributed by atoms with Gasteiger partial charge in [-0.2, -0.15) is 27.8 Å². The summed E-state index contributed by atoms with van der Waals surface area (Å²) in [6.07, 6.45) is -0.265. The van der Waals surface area contributed by atoms with Crippen LogP contribution in [0.2, 0.25) is 0 Å². The lowest BCUT2D eigenvalue weighted by Gasteiger charge is -2.15. The average Bonchev–Trinajstić information content (AvgIpc) is 2.64. The van der Waals surface area contributed by atoms with Crippen LogP contribution >= 0.6 is 0 Å². The maximum absolute atomic E-state index is 13.6. The van der Waals surface area contributed by atoms with Crippen LogP contribution in [-0.2, 0) is 6.54 Å². The highest BCUT2D eigenvalue weighted by Gasteiger charge is 2.20. The molecule has 1 aromatic heterocycles. The highest BCUT2D eigenvalue weighted by atomic mass is 19.2. The van der Waals surface area contributed by atoms with Crippen molar-refractivity contribution in [3.8, 4) is 17.6 Å². The van der Waals surface area contributed by atoms with Crippen LogP contribution in [0.25, 0.3) is 0 Å². The smallest absolute Gasteiger partial charge is 0.253 e. The summed E-state index contributed by atoms with van der Waals surface area (Å²) in [7, 11) is 1.42. The van der Waals surface area contributed by atoms with Gasteiger partial charge >= 0.3 is 0 Å². The number of nitrogens with zero attached hydrogens (tertiary/aromatic N) is 2. The van der Waals surface area contributed by atoms with Crippen LogP contribution in [0.5, 0.6) is 11.5 Å². The minimum atomic E-state index is -1.75. The fourth-order valence-electron chi connectivity index (χ4n) is 2.11. The van der Waals surface area contributed by atoms with Crippen LogP contribution in [0, 0.1) is 34.9 Å². The Labute approximate surface area is 147 Å². The minimum Gasteiger partial charge on any atom is -0.493 e. The first-order chi connectivity index (χ1) is 12.4. The molecule has 2 aromatic rings. The first-order valence-electron chi connectivity index (χ1n) is 7.58. The van der Waals surface area contributed by atoms with E-state index in [0.717, 1.165) is 0 Å². The second-order valence-corrected chi connectivity index (χ2v) is 5.18. The summed E-state index contributed by atoms with van der Waals surface area (Å²) < 4.78 is 64.2. The normalized spacial score (nSPS) is 11.6. The summed E-state index contributed by atoms with van der Waals surface area (Å²) in [5, 5.41) is 11.3. The van der Waals surface area contributed by atoms with Gasteiger partial charge in [0, 0.05) is 6.54 Å². The number of nitrogens with one attached hydrogen (secondary N) is 1. The molecule has 5 nitrogen and oxygen atoms in total. The topological polar surface area (TPSA) is 67.2 Å². The molecule has 0 aliphatic carbocycles. The van der Waals surface area contributed by atoms with Gasteiger partial charge in [-0.1, -0.05) is 13.0 Å². The molecule has 0 bridgehead atoms. The van der Waals surface area contributed by atoms with Gasteiger partial charge in [0.15, 0.2) is 17.6 Å². The second-order valence-electron chi connectivity index (χ2n) is 5.18. The Morgan fingerprint density at radius 2 is 1.81 bits per heavy atom. The molecule has 0 aliphatic rings. The Hall–Kier alpha value is -3.02. The van der Waals surface area contributed by atoms with Crippen molar-refractivity contribution in [1.29, 1.82) is 5.26 Å². The Morgan fingerprint density at radius 3 is 2.35 bits per heavy atom. The molecular formula is C17H15F4N3O2. The van der Waals surface area contributed by atoms with Crippen LogP contribution in [0.1, 0.15) is 18.9 Å². The van der Waals surface area contributed by atoms with Crippen molar-refractivity contribution < 1.29 is 27.0 Å². The van der Waals surface area contributed by atoms with E-state index in [9.17, 15) is 17.6 Å². The number of methoxy groups -OCH3 is 1. The molecular weight excluding hydrogens is 354 g/mol. The molecule has 1 N–H and O–H groups in total. The molecule has 9 heteroatoms. The van der Waals surface area contributed by atoms with Gasteiger partial charge in [0.05, 0.1) is 7.11 Å². The highest BCUT2D eigenvalue weighted by Crippen LogP contribution is 2.30. The van der Waals surface area contributed by atoms with Crippen molar-refractivity contribution in [3.05, 3.63) is 47.3 Å². The lowest BCUT2D eigenvalue weighted by Crippen LogP contribution is -2.13. The third-order valence-corrected chi connectivity index (χ3v) is 3.48. The number of halogens is 4. The van der Waals surface area contributed by atoms with Crippen LogP contribution < -0.4 is 14.8 Å². The fraction of sp³-hybridized carbons (Fsp3) is 0.294.